The summed E-state index contributed by atoms with van der Waals surface area (Å²) in [6.45, 7) is 4.81. The Labute approximate surface area is 162 Å². The molecule has 3 heteroatoms. The van der Waals surface area contributed by atoms with E-state index in [9.17, 15) is 9.90 Å². The maximum Gasteiger partial charge on any atom is 0.220 e. The first kappa shape index (κ1) is 17.7. The van der Waals surface area contributed by atoms with Crippen LogP contribution in [-0.4, -0.2) is 17.1 Å². The van der Waals surface area contributed by atoms with E-state index in [-0.39, 0.29) is 16.7 Å². The molecule has 146 valence electrons. The third-order valence-electron chi connectivity index (χ3n) is 9.50. The maximum atomic E-state index is 12.0. The Bertz CT molecular complexity index is 748. The summed E-state index contributed by atoms with van der Waals surface area (Å²) < 4.78 is 0. The fourth-order valence-corrected chi connectivity index (χ4v) is 7.91. The molecule has 0 bridgehead atoms. The van der Waals surface area contributed by atoms with Crippen LogP contribution in [-0.2, 0) is 10.4 Å². The molecule has 1 aromatic rings. The van der Waals surface area contributed by atoms with Crippen molar-refractivity contribution < 1.29 is 9.90 Å². The molecule has 1 amide bonds. The van der Waals surface area contributed by atoms with E-state index in [4.69, 9.17) is 0 Å². The van der Waals surface area contributed by atoms with Gasteiger partial charge in [-0.1, -0.05) is 44.2 Å². The minimum absolute atomic E-state index is 0.0311. The Hall–Kier alpha value is -1.35. The standard InChI is InChI=1S/C24H33NO2/c1-22-13-12-21(26)25-20(22)9-8-17-18(22)10-14-23(2)19(17)11-15-24(23,27)16-6-4-3-5-7-16/h3-7,17-20,27H,8-15H2,1-2H3,(H,25,26)/t17-,18-,19+,20?,22-,23+,24?/m1/s1. The minimum Gasteiger partial charge on any atom is -0.385 e. The number of nitrogens with one attached hydrogen (secondary N) is 1. The summed E-state index contributed by atoms with van der Waals surface area (Å²) in [7, 11) is 0. The maximum absolute atomic E-state index is 12.0. The second kappa shape index (κ2) is 5.83. The van der Waals surface area contributed by atoms with Crippen molar-refractivity contribution in [3.05, 3.63) is 35.9 Å². The highest BCUT2D eigenvalue weighted by Gasteiger charge is 2.65. The number of aliphatic hydroxyl groups is 1. The van der Waals surface area contributed by atoms with Crippen molar-refractivity contribution in [1.82, 2.24) is 5.32 Å². The van der Waals surface area contributed by atoms with Crippen LogP contribution in [0.2, 0.25) is 0 Å². The van der Waals surface area contributed by atoms with Gasteiger partial charge in [0.2, 0.25) is 5.91 Å². The Morgan fingerprint density at radius 3 is 2.48 bits per heavy atom. The lowest BCUT2D eigenvalue weighted by molar-refractivity contribution is -0.153. The van der Waals surface area contributed by atoms with Gasteiger partial charge >= 0.3 is 0 Å². The molecule has 1 saturated heterocycles. The van der Waals surface area contributed by atoms with Gasteiger partial charge in [0.25, 0.3) is 0 Å². The van der Waals surface area contributed by atoms with Crippen molar-refractivity contribution >= 4 is 5.91 Å². The highest BCUT2D eigenvalue weighted by molar-refractivity contribution is 5.77. The topological polar surface area (TPSA) is 49.3 Å². The third-order valence-corrected chi connectivity index (χ3v) is 9.50. The number of hydrogen-bond donors (Lipinski definition) is 2. The van der Waals surface area contributed by atoms with Gasteiger partial charge in [0.15, 0.2) is 0 Å². The largest absolute Gasteiger partial charge is 0.385 e. The molecule has 2 unspecified atom stereocenters. The van der Waals surface area contributed by atoms with Gasteiger partial charge in [0, 0.05) is 17.9 Å². The smallest absolute Gasteiger partial charge is 0.220 e. The summed E-state index contributed by atoms with van der Waals surface area (Å²) in [5.74, 6) is 2.22. The summed E-state index contributed by atoms with van der Waals surface area (Å²) in [5.41, 5.74) is 0.628. The number of carbonyl (C=O) groups is 1. The van der Waals surface area contributed by atoms with Crippen LogP contribution in [0.1, 0.15) is 70.8 Å². The molecule has 0 spiro atoms. The molecule has 4 fully saturated rings. The van der Waals surface area contributed by atoms with Crippen molar-refractivity contribution in [3.63, 3.8) is 0 Å². The number of amides is 1. The molecule has 1 aliphatic heterocycles. The van der Waals surface area contributed by atoms with Crippen molar-refractivity contribution in [3.8, 4) is 0 Å². The van der Waals surface area contributed by atoms with Gasteiger partial charge in [-0.15, -0.1) is 0 Å². The normalized spacial score (nSPS) is 48.9. The number of hydrogen-bond acceptors (Lipinski definition) is 2. The van der Waals surface area contributed by atoms with Crippen molar-refractivity contribution in [1.29, 1.82) is 0 Å². The molecule has 3 nitrogen and oxygen atoms in total. The van der Waals surface area contributed by atoms with Gasteiger partial charge in [-0.25, -0.2) is 0 Å². The lowest BCUT2D eigenvalue weighted by Crippen LogP contribution is -2.61. The van der Waals surface area contributed by atoms with Crippen LogP contribution >= 0.6 is 0 Å². The van der Waals surface area contributed by atoms with E-state index in [1.807, 2.05) is 6.07 Å². The molecular weight excluding hydrogens is 334 g/mol. The summed E-state index contributed by atoms with van der Waals surface area (Å²) >= 11 is 0. The number of rotatable bonds is 1. The molecule has 27 heavy (non-hydrogen) atoms. The third kappa shape index (κ3) is 2.27. The zero-order chi connectivity index (χ0) is 18.9. The number of carbonyl (C=O) groups excluding carboxylic acids is 1. The lowest BCUT2D eigenvalue weighted by atomic mass is 9.46. The molecule has 0 radical (unpaired) electrons. The zero-order valence-corrected chi connectivity index (χ0v) is 16.7. The second-order valence-electron chi connectivity index (χ2n) is 10.3. The lowest BCUT2D eigenvalue weighted by Gasteiger charge is -2.61. The van der Waals surface area contributed by atoms with Gasteiger partial charge in [0.05, 0.1) is 5.60 Å². The van der Waals surface area contributed by atoms with E-state index in [0.717, 1.165) is 37.7 Å². The Balaban J connectivity index is 1.48. The molecule has 1 heterocycles. The van der Waals surface area contributed by atoms with Gasteiger partial charge in [-0.3, -0.25) is 4.79 Å². The average molecular weight is 368 g/mol. The fraction of sp³-hybridized carbons (Fsp3) is 0.708. The van der Waals surface area contributed by atoms with E-state index in [1.165, 1.54) is 12.8 Å². The summed E-state index contributed by atoms with van der Waals surface area (Å²) in [6, 6.07) is 10.8. The highest BCUT2D eigenvalue weighted by Crippen LogP contribution is 2.68. The summed E-state index contributed by atoms with van der Waals surface area (Å²) in [5, 5.41) is 15.2. The fourth-order valence-electron chi connectivity index (χ4n) is 7.91. The van der Waals surface area contributed by atoms with Crippen LogP contribution < -0.4 is 5.32 Å². The first-order chi connectivity index (χ1) is 12.9. The van der Waals surface area contributed by atoms with E-state index in [1.54, 1.807) is 0 Å². The Kier molecular flexibility index (Phi) is 3.82. The molecule has 5 rings (SSSR count). The average Bonchev–Trinajstić information content (AvgIpc) is 2.95. The quantitative estimate of drug-likeness (QED) is 0.773. The second-order valence-corrected chi connectivity index (χ2v) is 10.3. The van der Waals surface area contributed by atoms with Crippen molar-refractivity contribution in [2.24, 2.45) is 28.6 Å². The zero-order valence-electron chi connectivity index (χ0n) is 16.7. The molecule has 1 aromatic carbocycles. The molecular formula is C24H33NO2. The summed E-state index contributed by atoms with van der Waals surface area (Å²) in [4.78, 5) is 12.0. The monoisotopic (exact) mass is 367 g/mol. The van der Waals surface area contributed by atoms with E-state index >= 15 is 0 Å². The molecule has 0 aromatic heterocycles. The first-order valence-electron chi connectivity index (χ1n) is 11.0. The highest BCUT2D eigenvalue weighted by atomic mass is 16.3. The Morgan fingerprint density at radius 1 is 0.963 bits per heavy atom. The van der Waals surface area contributed by atoms with E-state index < -0.39 is 5.60 Å². The van der Waals surface area contributed by atoms with Crippen LogP contribution in [0.15, 0.2) is 30.3 Å². The molecule has 3 aliphatic carbocycles. The van der Waals surface area contributed by atoms with Crippen LogP contribution in [0.3, 0.4) is 0 Å². The molecule has 7 atom stereocenters. The Morgan fingerprint density at radius 2 is 1.70 bits per heavy atom. The van der Waals surface area contributed by atoms with Gasteiger partial charge < -0.3 is 10.4 Å². The predicted molar refractivity (Wildman–Crippen MR) is 106 cm³/mol. The van der Waals surface area contributed by atoms with Crippen LogP contribution in [0.5, 0.6) is 0 Å². The minimum atomic E-state index is -0.692. The van der Waals surface area contributed by atoms with E-state index in [0.29, 0.717) is 30.2 Å². The number of benzene rings is 1. The number of fused-ring (bicyclic) bond motifs is 5. The molecule has 3 saturated carbocycles. The predicted octanol–water partition coefficient (Wildman–Crippen LogP) is 4.40. The first-order valence-corrected chi connectivity index (χ1v) is 11.0. The SMILES string of the molecule is C[C@]12CCC(=O)NC1CC[C@@H]1[C@H]2CC[C@@]2(C)[C@H]1CCC2(O)c1ccccc1. The molecule has 2 N–H and O–H groups in total. The van der Waals surface area contributed by atoms with Crippen LogP contribution in [0.25, 0.3) is 0 Å². The number of piperidine rings is 1. The van der Waals surface area contributed by atoms with Crippen LogP contribution in [0.4, 0.5) is 0 Å². The van der Waals surface area contributed by atoms with Crippen molar-refractivity contribution in [2.75, 3.05) is 0 Å². The van der Waals surface area contributed by atoms with Crippen molar-refractivity contribution in [2.45, 2.75) is 76.9 Å². The summed E-state index contributed by atoms with van der Waals surface area (Å²) in [6.07, 6.45) is 8.35. The van der Waals surface area contributed by atoms with Gasteiger partial charge in [0.1, 0.15) is 0 Å². The van der Waals surface area contributed by atoms with E-state index in [2.05, 4.69) is 43.4 Å². The van der Waals surface area contributed by atoms with Gasteiger partial charge in [-0.05, 0) is 73.7 Å². The molecule has 4 aliphatic rings. The van der Waals surface area contributed by atoms with Crippen LogP contribution in [0, 0.1) is 28.6 Å². The van der Waals surface area contributed by atoms with Gasteiger partial charge in [-0.2, -0.15) is 0 Å².